The summed E-state index contributed by atoms with van der Waals surface area (Å²) < 4.78 is 0. The molecule has 14 heavy (non-hydrogen) atoms. The van der Waals surface area contributed by atoms with Crippen LogP contribution in [0.2, 0.25) is 0 Å². The summed E-state index contributed by atoms with van der Waals surface area (Å²) in [6, 6.07) is 3.99. The molecule has 0 unspecified atom stereocenters. The fourth-order valence-corrected chi connectivity index (χ4v) is 1.82. The zero-order chi connectivity index (χ0) is 10.9. The van der Waals surface area contributed by atoms with E-state index in [-0.39, 0.29) is 0 Å². The highest BCUT2D eigenvalue weighted by Crippen LogP contribution is 2.34. The molecule has 0 aliphatic heterocycles. The summed E-state index contributed by atoms with van der Waals surface area (Å²) in [4.78, 5) is 0. The zero-order valence-corrected chi connectivity index (χ0v) is 9.46. The average molecular weight is 192 g/mol. The maximum atomic E-state index is 6.00. The number of rotatable bonds is 2. The SMILES string of the molecule is CC(C)c1ccc(N)c(N)c1C(C)C. The lowest BCUT2D eigenvalue weighted by molar-refractivity contribution is 0.793. The van der Waals surface area contributed by atoms with E-state index in [9.17, 15) is 0 Å². The van der Waals surface area contributed by atoms with Crippen molar-refractivity contribution < 1.29 is 0 Å². The molecule has 0 saturated carbocycles. The van der Waals surface area contributed by atoms with E-state index in [1.165, 1.54) is 11.1 Å². The van der Waals surface area contributed by atoms with E-state index in [0.717, 1.165) is 5.69 Å². The number of benzene rings is 1. The minimum atomic E-state index is 0.427. The second-order valence-corrected chi connectivity index (χ2v) is 4.38. The van der Waals surface area contributed by atoms with Crippen molar-refractivity contribution in [2.45, 2.75) is 39.5 Å². The largest absolute Gasteiger partial charge is 0.397 e. The first kappa shape index (κ1) is 10.9. The van der Waals surface area contributed by atoms with Gasteiger partial charge in [-0.05, 0) is 29.0 Å². The van der Waals surface area contributed by atoms with Crippen LogP contribution in [0.3, 0.4) is 0 Å². The third-order valence-electron chi connectivity index (χ3n) is 2.55. The lowest BCUT2D eigenvalue weighted by atomic mass is 9.89. The Morgan fingerprint density at radius 1 is 0.929 bits per heavy atom. The lowest BCUT2D eigenvalue weighted by Crippen LogP contribution is -2.06. The first-order chi connectivity index (χ1) is 6.45. The summed E-state index contributed by atoms with van der Waals surface area (Å²) in [5.41, 5.74) is 15.8. The van der Waals surface area contributed by atoms with E-state index < -0.39 is 0 Å². The first-order valence-electron chi connectivity index (χ1n) is 5.12. The van der Waals surface area contributed by atoms with E-state index in [2.05, 4.69) is 33.8 Å². The van der Waals surface area contributed by atoms with E-state index in [0.29, 0.717) is 17.5 Å². The van der Waals surface area contributed by atoms with Gasteiger partial charge in [-0.25, -0.2) is 0 Å². The van der Waals surface area contributed by atoms with Gasteiger partial charge in [0.1, 0.15) is 0 Å². The number of anilines is 2. The van der Waals surface area contributed by atoms with Gasteiger partial charge in [-0.3, -0.25) is 0 Å². The zero-order valence-electron chi connectivity index (χ0n) is 9.46. The maximum Gasteiger partial charge on any atom is 0.0585 e. The van der Waals surface area contributed by atoms with Gasteiger partial charge in [-0.15, -0.1) is 0 Å². The lowest BCUT2D eigenvalue weighted by Gasteiger charge is -2.19. The Hall–Kier alpha value is -1.18. The fourth-order valence-electron chi connectivity index (χ4n) is 1.82. The van der Waals surface area contributed by atoms with Crippen LogP contribution in [0.4, 0.5) is 11.4 Å². The number of nitrogen functional groups attached to an aromatic ring is 2. The minimum absolute atomic E-state index is 0.427. The van der Waals surface area contributed by atoms with Gasteiger partial charge in [0.15, 0.2) is 0 Å². The molecule has 0 heterocycles. The van der Waals surface area contributed by atoms with Gasteiger partial charge in [0.25, 0.3) is 0 Å². The first-order valence-corrected chi connectivity index (χ1v) is 5.12. The van der Waals surface area contributed by atoms with Gasteiger partial charge in [-0.1, -0.05) is 33.8 Å². The Balaban J connectivity index is 3.38. The standard InChI is InChI=1S/C12H20N2/c1-7(2)9-5-6-10(13)12(14)11(9)8(3)4/h5-8H,13-14H2,1-4H3. The predicted octanol–water partition coefficient (Wildman–Crippen LogP) is 3.10. The molecular formula is C12H20N2. The van der Waals surface area contributed by atoms with Gasteiger partial charge >= 0.3 is 0 Å². The van der Waals surface area contributed by atoms with Crippen molar-refractivity contribution in [1.82, 2.24) is 0 Å². The van der Waals surface area contributed by atoms with Crippen LogP contribution in [0.15, 0.2) is 12.1 Å². The molecule has 0 atom stereocenters. The van der Waals surface area contributed by atoms with Crippen molar-refractivity contribution >= 4 is 11.4 Å². The maximum absolute atomic E-state index is 6.00. The Kier molecular flexibility index (Phi) is 3.04. The second-order valence-electron chi connectivity index (χ2n) is 4.38. The summed E-state index contributed by atoms with van der Waals surface area (Å²) in [5, 5.41) is 0. The molecule has 1 aromatic rings. The molecule has 0 aliphatic carbocycles. The van der Waals surface area contributed by atoms with Crippen LogP contribution in [-0.2, 0) is 0 Å². The fraction of sp³-hybridized carbons (Fsp3) is 0.500. The predicted molar refractivity (Wildman–Crippen MR) is 63.4 cm³/mol. The number of hydrogen-bond acceptors (Lipinski definition) is 2. The van der Waals surface area contributed by atoms with Crippen LogP contribution >= 0.6 is 0 Å². The third-order valence-corrected chi connectivity index (χ3v) is 2.55. The Morgan fingerprint density at radius 3 is 1.93 bits per heavy atom. The Morgan fingerprint density at radius 2 is 1.50 bits per heavy atom. The van der Waals surface area contributed by atoms with Gasteiger partial charge < -0.3 is 11.5 Å². The summed E-state index contributed by atoms with van der Waals surface area (Å²) >= 11 is 0. The van der Waals surface area contributed by atoms with Crippen molar-refractivity contribution in [1.29, 1.82) is 0 Å². The highest BCUT2D eigenvalue weighted by molar-refractivity contribution is 5.70. The smallest absolute Gasteiger partial charge is 0.0585 e. The normalized spacial score (nSPS) is 11.3. The molecule has 2 heteroatoms. The van der Waals surface area contributed by atoms with Crippen molar-refractivity contribution in [3.05, 3.63) is 23.3 Å². The minimum Gasteiger partial charge on any atom is -0.397 e. The molecule has 0 amide bonds. The molecule has 1 aromatic carbocycles. The molecule has 0 fully saturated rings. The van der Waals surface area contributed by atoms with Crippen molar-refractivity contribution in [3.63, 3.8) is 0 Å². The summed E-state index contributed by atoms with van der Waals surface area (Å²) in [6.45, 7) is 8.65. The van der Waals surface area contributed by atoms with Crippen LogP contribution in [0.5, 0.6) is 0 Å². The molecule has 0 aromatic heterocycles. The molecule has 78 valence electrons. The molecule has 0 saturated heterocycles. The molecule has 0 spiro atoms. The summed E-state index contributed by atoms with van der Waals surface area (Å²) in [6.07, 6.45) is 0. The quantitative estimate of drug-likeness (QED) is 0.707. The summed E-state index contributed by atoms with van der Waals surface area (Å²) in [7, 11) is 0. The monoisotopic (exact) mass is 192 g/mol. The molecule has 4 N–H and O–H groups in total. The van der Waals surface area contributed by atoms with Gasteiger partial charge in [0.05, 0.1) is 11.4 Å². The van der Waals surface area contributed by atoms with Gasteiger partial charge in [0, 0.05) is 0 Å². The number of nitrogens with two attached hydrogens (primary N) is 2. The van der Waals surface area contributed by atoms with Crippen molar-refractivity contribution in [2.24, 2.45) is 0 Å². The molecule has 1 rings (SSSR count). The molecule has 0 aliphatic rings. The van der Waals surface area contributed by atoms with Gasteiger partial charge in [0.2, 0.25) is 0 Å². The van der Waals surface area contributed by atoms with Crippen LogP contribution in [0.1, 0.15) is 50.7 Å². The van der Waals surface area contributed by atoms with Crippen LogP contribution in [-0.4, -0.2) is 0 Å². The van der Waals surface area contributed by atoms with Crippen LogP contribution < -0.4 is 11.5 Å². The van der Waals surface area contributed by atoms with Crippen molar-refractivity contribution in [2.75, 3.05) is 11.5 Å². The van der Waals surface area contributed by atoms with E-state index in [4.69, 9.17) is 11.5 Å². The number of hydrogen-bond donors (Lipinski definition) is 2. The second kappa shape index (κ2) is 3.91. The highest BCUT2D eigenvalue weighted by atomic mass is 14.7. The van der Waals surface area contributed by atoms with Crippen molar-refractivity contribution in [3.8, 4) is 0 Å². The topological polar surface area (TPSA) is 52.0 Å². The van der Waals surface area contributed by atoms with Crippen LogP contribution in [0.25, 0.3) is 0 Å². The molecule has 2 nitrogen and oxygen atoms in total. The summed E-state index contributed by atoms with van der Waals surface area (Å²) in [5.74, 6) is 0.922. The Labute approximate surface area is 86.3 Å². The van der Waals surface area contributed by atoms with Crippen LogP contribution in [0, 0.1) is 0 Å². The third kappa shape index (κ3) is 1.84. The van der Waals surface area contributed by atoms with E-state index in [1.807, 2.05) is 6.07 Å². The highest BCUT2D eigenvalue weighted by Gasteiger charge is 2.14. The average Bonchev–Trinajstić information content (AvgIpc) is 2.08. The molecule has 0 bridgehead atoms. The van der Waals surface area contributed by atoms with E-state index >= 15 is 0 Å². The van der Waals surface area contributed by atoms with Gasteiger partial charge in [-0.2, -0.15) is 0 Å². The Bertz CT molecular complexity index is 327. The molecule has 0 radical (unpaired) electrons. The molecular weight excluding hydrogens is 172 g/mol. The van der Waals surface area contributed by atoms with E-state index in [1.54, 1.807) is 0 Å².